The SMILES string of the molecule is CCN(CC)C(=O)C1CCCN(CCOC(C)(C)C)C1. The summed E-state index contributed by atoms with van der Waals surface area (Å²) in [6.07, 6.45) is 2.15. The number of piperidine rings is 1. The van der Waals surface area contributed by atoms with Crippen molar-refractivity contribution in [2.45, 2.75) is 53.1 Å². The van der Waals surface area contributed by atoms with Crippen LogP contribution in [-0.2, 0) is 9.53 Å². The molecule has 0 aromatic heterocycles. The van der Waals surface area contributed by atoms with Crippen molar-refractivity contribution in [3.8, 4) is 0 Å². The molecule has 0 radical (unpaired) electrons. The first-order valence-corrected chi connectivity index (χ1v) is 8.02. The van der Waals surface area contributed by atoms with Crippen molar-refractivity contribution < 1.29 is 9.53 Å². The van der Waals surface area contributed by atoms with Crippen LogP contribution in [0.4, 0.5) is 0 Å². The zero-order valence-corrected chi connectivity index (χ0v) is 13.9. The first-order valence-electron chi connectivity index (χ1n) is 8.02. The second-order valence-corrected chi connectivity index (χ2v) is 6.61. The molecular weight excluding hydrogens is 252 g/mol. The van der Waals surface area contributed by atoms with E-state index in [2.05, 4.69) is 39.5 Å². The molecule has 0 bridgehead atoms. The Hall–Kier alpha value is -0.610. The fraction of sp³-hybridized carbons (Fsp3) is 0.938. The molecule has 0 aromatic carbocycles. The average Bonchev–Trinajstić information content (AvgIpc) is 2.39. The maximum absolute atomic E-state index is 12.4. The highest BCUT2D eigenvalue weighted by atomic mass is 16.5. The number of nitrogens with zero attached hydrogens (tertiary/aromatic N) is 2. The Kier molecular flexibility index (Phi) is 6.96. The molecule has 0 aromatic rings. The second kappa shape index (κ2) is 7.99. The molecule has 0 saturated carbocycles. The number of hydrogen-bond acceptors (Lipinski definition) is 3. The topological polar surface area (TPSA) is 32.8 Å². The van der Waals surface area contributed by atoms with Crippen LogP contribution >= 0.6 is 0 Å². The van der Waals surface area contributed by atoms with Crippen LogP contribution in [0.5, 0.6) is 0 Å². The van der Waals surface area contributed by atoms with Gasteiger partial charge >= 0.3 is 0 Å². The van der Waals surface area contributed by atoms with E-state index in [9.17, 15) is 4.79 Å². The van der Waals surface area contributed by atoms with Crippen molar-refractivity contribution in [1.82, 2.24) is 9.80 Å². The van der Waals surface area contributed by atoms with Gasteiger partial charge in [-0.2, -0.15) is 0 Å². The molecular formula is C16H32N2O2. The number of ether oxygens (including phenoxy) is 1. The molecule has 20 heavy (non-hydrogen) atoms. The van der Waals surface area contributed by atoms with E-state index in [4.69, 9.17) is 4.74 Å². The minimum absolute atomic E-state index is 0.0772. The molecule has 0 spiro atoms. The third-order valence-corrected chi connectivity index (χ3v) is 3.87. The molecule has 0 aliphatic carbocycles. The second-order valence-electron chi connectivity index (χ2n) is 6.61. The van der Waals surface area contributed by atoms with E-state index in [1.165, 1.54) is 0 Å². The van der Waals surface area contributed by atoms with E-state index in [0.29, 0.717) is 5.91 Å². The summed E-state index contributed by atoms with van der Waals surface area (Å²) in [5.41, 5.74) is -0.0772. The Balaban J connectivity index is 2.40. The van der Waals surface area contributed by atoms with Crippen molar-refractivity contribution in [3.05, 3.63) is 0 Å². The predicted octanol–water partition coefficient (Wildman–Crippen LogP) is 2.38. The van der Waals surface area contributed by atoms with Gasteiger partial charge in [0.05, 0.1) is 18.1 Å². The summed E-state index contributed by atoms with van der Waals surface area (Å²) in [4.78, 5) is 16.7. The highest BCUT2D eigenvalue weighted by molar-refractivity contribution is 5.79. The van der Waals surface area contributed by atoms with E-state index in [1.54, 1.807) is 0 Å². The fourth-order valence-corrected chi connectivity index (χ4v) is 2.73. The smallest absolute Gasteiger partial charge is 0.226 e. The van der Waals surface area contributed by atoms with Crippen LogP contribution in [-0.4, -0.2) is 60.6 Å². The molecule has 1 atom stereocenters. The van der Waals surface area contributed by atoms with Gasteiger partial charge in [-0.05, 0) is 54.0 Å². The average molecular weight is 284 g/mol. The summed E-state index contributed by atoms with van der Waals surface area (Å²) in [6, 6.07) is 0. The first kappa shape index (κ1) is 17.4. The number of carbonyl (C=O) groups is 1. The monoisotopic (exact) mass is 284 g/mol. The third-order valence-electron chi connectivity index (χ3n) is 3.87. The lowest BCUT2D eigenvalue weighted by Crippen LogP contribution is -2.45. The van der Waals surface area contributed by atoms with Crippen molar-refractivity contribution in [3.63, 3.8) is 0 Å². The molecule has 1 fully saturated rings. The summed E-state index contributed by atoms with van der Waals surface area (Å²) in [5.74, 6) is 0.509. The largest absolute Gasteiger partial charge is 0.375 e. The highest BCUT2D eigenvalue weighted by Gasteiger charge is 2.28. The lowest BCUT2D eigenvalue weighted by molar-refractivity contribution is -0.137. The van der Waals surface area contributed by atoms with Crippen LogP contribution in [0.3, 0.4) is 0 Å². The first-order chi connectivity index (χ1) is 9.37. The van der Waals surface area contributed by atoms with Crippen LogP contribution < -0.4 is 0 Å². The van der Waals surface area contributed by atoms with Crippen molar-refractivity contribution in [2.24, 2.45) is 5.92 Å². The zero-order chi connectivity index (χ0) is 15.2. The standard InChI is InChI=1S/C16H32N2O2/c1-6-18(7-2)15(19)14-9-8-10-17(13-14)11-12-20-16(3,4)5/h14H,6-13H2,1-5H3. The summed E-state index contributed by atoms with van der Waals surface area (Å²) < 4.78 is 5.78. The van der Waals surface area contributed by atoms with Crippen LogP contribution in [0.1, 0.15) is 47.5 Å². The number of carbonyl (C=O) groups excluding carboxylic acids is 1. The van der Waals surface area contributed by atoms with Crippen molar-refractivity contribution in [1.29, 1.82) is 0 Å². The predicted molar refractivity (Wildman–Crippen MR) is 82.8 cm³/mol. The lowest BCUT2D eigenvalue weighted by Gasteiger charge is -2.35. The Morgan fingerprint density at radius 3 is 2.50 bits per heavy atom. The molecule has 118 valence electrons. The minimum Gasteiger partial charge on any atom is -0.375 e. The van der Waals surface area contributed by atoms with Gasteiger partial charge < -0.3 is 14.5 Å². The van der Waals surface area contributed by atoms with Gasteiger partial charge in [-0.1, -0.05) is 0 Å². The van der Waals surface area contributed by atoms with Gasteiger partial charge in [0.15, 0.2) is 0 Å². The number of rotatable bonds is 6. The van der Waals surface area contributed by atoms with E-state index in [-0.39, 0.29) is 11.5 Å². The molecule has 1 amide bonds. The van der Waals surface area contributed by atoms with Crippen LogP contribution in [0.25, 0.3) is 0 Å². The minimum atomic E-state index is -0.0772. The molecule has 1 aliphatic heterocycles. The fourth-order valence-electron chi connectivity index (χ4n) is 2.73. The maximum Gasteiger partial charge on any atom is 0.226 e. The Labute approximate surface area is 124 Å². The van der Waals surface area contributed by atoms with Crippen LogP contribution in [0, 0.1) is 5.92 Å². The van der Waals surface area contributed by atoms with Gasteiger partial charge in [-0.15, -0.1) is 0 Å². The summed E-state index contributed by atoms with van der Waals surface area (Å²) >= 11 is 0. The summed E-state index contributed by atoms with van der Waals surface area (Å²) in [5, 5.41) is 0. The summed E-state index contributed by atoms with van der Waals surface area (Å²) in [6.45, 7) is 15.6. The van der Waals surface area contributed by atoms with E-state index < -0.39 is 0 Å². The molecule has 1 saturated heterocycles. The Bertz CT molecular complexity index is 295. The van der Waals surface area contributed by atoms with E-state index in [0.717, 1.165) is 52.2 Å². The zero-order valence-electron chi connectivity index (χ0n) is 13.9. The van der Waals surface area contributed by atoms with E-state index >= 15 is 0 Å². The van der Waals surface area contributed by atoms with Gasteiger partial charge in [0.1, 0.15) is 0 Å². The molecule has 1 heterocycles. The quantitative estimate of drug-likeness (QED) is 0.751. The third kappa shape index (κ3) is 5.80. The maximum atomic E-state index is 12.4. The number of likely N-dealkylation sites (tertiary alicyclic amines) is 1. The Morgan fingerprint density at radius 2 is 1.95 bits per heavy atom. The molecule has 4 heteroatoms. The lowest BCUT2D eigenvalue weighted by atomic mass is 9.96. The van der Waals surface area contributed by atoms with Gasteiger partial charge in [0, 0.05) is 26.2 Å². The van der Waals surface area contributed by atoms with Gasteiger partial charge in [-0.3, -0.25) is 4.79 Å². The normalized spacial score (nSPS) is 20.9. The molecule has 1 rings (SSSR count). The summed E-state index contributed by atoms with van der Waals surface area (Å²) in [7, 11) is 0. The van der Waals surface area contributed by atoms with Gasteiger partial charge in [0.2, 0.25) is 5.91 Å². The Morgan fingerprint density at radius 1 is 1.30 bits per heavy atom. The van der Waals surface area contributed by atoms with Gasteiger partial charge in [0.25, 0.3) is 0 Å². The van der Waals surface area contributed by atoms with Crippen molar-refractivity contribution in [2.75, 3.05) is 39.3 Å². The van der Waals surface area contributed by atoms with Crippen LogP contribution in [0.15, 0.2) is 0 Å². The number of amides is 1. The molecule has 4 nitrogen and oxygen atoms in total. The molecule has 0 N–H and O–H groups in total. The highest BCUT2D eigenvalue weighted by Crippen LogP contribution is 2.19. The van der Waals surface area contributed by atoms with Crippen molar-refractivity contribution >= 4 is 5.91 Å². The number of hydrogen-bond donors (Lipinski definition) is 0. The van der Waals surface area contributed by atoms with Crippen LogP contribution in [0.2, 0.25) is 0 Å². The van der Waals surface area contributed by atoms with E-state index in [1.807, 2.05) is 4.90 Å². The molecule has 1 unspecified atom stereocenters. The molecule has 1 aliphatic rings. The van der Waals surface area contributed by atoms with Gasteiger partial charge in [-0.25, -0.2) is 0 Å².